The number of nitrogens with zero attached hydrogens (tertiary/aromatic N) is 1. The summed E-state index contributed by atoms with van der Waals surface area (Å²) in [5, 5.41) is 3.69. The van der Waals surface area contributed by atoms with Gasteiger partial charge in [0.25, 0.3) is 0 Å². The van der Waals surface area contributed by atoms with E-state index >= 15 is 0 Å². The fraction of sp³-hybridized carbons (Fsp3) is 0.765. The van der Waals surface area contributed by atoms with Crippen LogP contribution in [0.2, 0.25) is 0 Å². The Labute approximate surface area is 123 Å². The maximum absolute atomic E-state index is 5.71. The first-order chi connectivity index (χ1) is 9.51. The molecule has 0 aromatic carbocycles. The van der Waals surface area contributed by atoms with Gasteiger partial charge in [0.15, 0.2) is 0 Å². The molecule has 1 N–H and O–H groups in total. The van der Waals surface area contributed by atoms with Crippen LogP contribution >= 0.6 is 0 Å². The molecule has 1 aromatic heterocycles. The molecule has 1 fully saturated rings. The molecule has 20 heavy (non-hydrogen) atoms. The highest BCUT2D eigenvalue weighted by atomic mass is 16.3. The second kappa shape index (κ2) is 6.77. The number of nitrogens with one attached hydrogen (secondary N) is 1. The summed E-state index contributed by atoms with van der Waals surface area (Å²) in [6.07, 6.45) is 2.46. The van der Waals surface area contributed by atoms with E-state index < -0.39 is 0 Å². The number of furan rings is 1. The minimum Gasteiger partial charge on any atom is -0.466 e. The van der Waals surface area contributed by atoms with Gasteiger partial charge in [0.2, 0.25) is 0 Å². The Bertz CT molecular complexity index is 427. The average molecular weight is 278 g/mol. The van der Waals surface area contributed by atoms with Gasteiger partial charge in [-0.3, -0.25) is 4.90 Å². The second-order valence-electron chi connectivity index (χ2n) is 6.45. The highest BCUT2D eigenvalue weighted by Gasteiger charge is 2.24. The van der Waals surface area contributed by atoms with Crippen molar-refractivity contribution in [2.45, 2.75) is 59.5 Å². The number of hydrogen-bond acceptors (Lipinski definition) is 3. The van der Waals surface area contributed by atoms with Gasteiger partial charge in [0, 0.05) is 30.7 Å². The highest BCUT2D eigenvalue weighted by molar-refractivity contribution is 5.23. The van der Waals surface area contributed by atoms with Gasteiger partial charge in [-0.2, -0.15) is 0 Å². The third kappa shape index (κ3) is 3.64. The standard InChI is InChI=1S/C17H30N2O/c1-6-16-7-8-19(11-12(2)10-18-16)14(4)17-9-13(3)20-15(17)5/h9,12,14,16,18H,6-8,10-11H2,1-5H3. The van der Waals surface area contributed by atoms with E-state index in [1.54, 1.807) is 0 Å². The van der Waals surface area contributed by atoms with Gasteiger partial charge >= 0.3 is 0 Å². The molecule has 1 saturated heterocycles. The van der Waals surface area contributed by atoms with E-state index in [9.17, 15) is 0 Å². The predicted octanol–water partition coefficient (Wildman–Crippen LogP) is 3.67. The minimum absolute atomic E-state index is 0.450. The van der Waals surface area contributed by atoms with Gasteiger partial charge in [-0.15, -0.1) is 0 Å². The first kappa shape index (κ1) is 15.6. The van der Waals surface area contributed by atoms with Crippen LogP contribution in [0.25, 0.3) is 0 Å². The maximum Gasteiger partial charge on any atom is 0.105 e. The smallest absolute Gasteiger partial charge is 0.105 e. The Morgan fingerprint density at radius 1 is 1.45 bits per heavy atom. The van der Waals surface area contributed by atoms with Crippen molar-refractivity contribution in [3.8, 4) is 0 Å². The summed E-state index contributed by atoms with van der Waals surface area (Å²) in [5.74, 6) is 2.80. The zero-order chi connectivity index (χ0) is 14.7. The first-order valence-corrected chi connectivity index (χ1v) is 8.05. The summed E-state index contributed by atoms with van der Waals surface area (Å²) in [6.45, 7) is 14.5. The second-order valence-corrected chi connectivity index (χ2v) is 6.45. The normalized spacial score (nSPS) is 27.1. The molecule has 3 unspecified atom stereocenters. The molecule has 0 saturated carbocycles. The topological polar surface area (TPSA) is 28.4 Å². The van der Waals surface area contributed by atoms with Gasteiger partial charge in [0.05, 0.1) is 0 Å². The summed E-state index contributed by atoms with van der Waals surface area (Å²) >= 11 is 0. The van der Waals surface area contributed by atoms with Crippen molar-refractivity contribution in [2.24, 2.45) is 5.92 Å². The molecule has 0 aliphatic carbocycles. The van der Waals surface area contributed by atoms with Crippen LogP contribution in [0.5, 0.6) is 0 Å². The zero-order valence-electron chi connectivity index (χ0n) is 13.7. The molecule has 0 amide bonds. The van der Waals surface area contributed by atoms with E-state index in [0.29, 0.717) is 18.0 Å². The van der Waals surface area contributed by atoms with Crippen LogP contribution in [0.4, 0.5) is 0 Å². The lowest BCUT2D eigenvalue weighted by Gasteiger charge is -2.35. The summed E-state index contributed by atoms with van der Waals surface area (Å²) in [6, 6.07) is 3.32. The fourth-order valence-corrected chi connectivity index (χ4v) is 3.31. The first-order valence-electron chi connectivity index (χ1n) is 8.05. The monoisotopic (exact) mass is 278 g/mol. The molecule has 0 spiro atoms. The molecule has 1 aromatic rings. The third-order valence-electron chi connectivity index (χ3n) is 4.64. The molecule has 0 bridgehead atoms. The molecular weight excluding hydrogens is 248 g/mol. The van der Waals surface area contributed by atoms with E-state index in [0.717, 1.165) is 24.6 Å². The SMILES string of the molecule is CCC1CCN(C(C)c2cc(C)oc2C)CC(C)CN1. The van der Waals surface area contributed by atoms with Crippen molar-refractivity contribution in [2.75, 3.05) is 19.6 Å². The lowest BCUT2D eigenvalue weighted by Crippen LogP contribution is -2.44. The summed E-state index contributed by atoms with van der Waals surface area (Å²) in [7, 11) is 0. The van der Waals surface area contributed by atoms with Crippen LogP contribution in [0, 0.1) is 19.8 Å². The molecule has 3 nitrogen and oxygen atoms in total. The van der Waals surface area contributed by atoms with Crippen LogP contribution in [0.15, 0.2) is 10.5 Å². The van der Waals surface area contributed by atoms with Crippen molar-refractivity contribution >= 4 is 0 Å². The number of hydrogen-bond donors (Lipinski definition) is 1. The van der Waals surface area contributed by atoms with Gasteiger partial charge < -0.3 is 9.73 Å². The van der Waals surface area contributed by atoms with E-state index in [1.807, 2.05) is 6.92 Å². The van der Waals surface area contributed by atoms with Crippen molar-refractivity contribution in [1.29, 1.82) is 0 Å². The van der Waals surface area contributed by atoms with Crippen LogP contribution in [0.3, 0.4) is 0 Å². The van der Waals surface area contributed by atoms with Gasteiger partial charge in [-0.05, 0) is 52.1 Å². The lowest BCUT2D eigenvalue weighted by atomic mass is 10.0. The Kier molecular flexibility index (Phi) is 5.28. The fourth-order valence-electron chi connectivity index (χ4n) is 3.31. The minimum atomic E-state index is 0.450. The molecular formula is C17H30N2O. The van der Waals surface area contributed by atoms with Gasteiger partial charge in [-0.25, -0.2) is 0 Å². The van der Waals surface area contributed by atoms with E-state index in [2.05, 4.69) is 44.0 Å². The summed E-state index contributed by atoms with van der Waals surface area (Å²) < 4.78 is 5.71. The summed E-state index contributed by atoms with van der Waals surface area (Å²) in [5.41, 5.74) is 1.36. The van der Waals surface area contributed by atoms with E-state index in [-0.39, 0.29) is 0 Å². The van der Waals surface area contributed by atoms with Crippen LogP contribution in [-0.4, -0.2) is 30.6 Å². The van der Waals surface area contributed by atoms with Crippen molar-refractivity contribution in [3.05, 3.63) is 23.2 Å². The van der Waals surface area contributed by atoms with Crippen molar-refractivity contribution < 1.29 is 4.42 Å². The Morgan fingerprint density at radius 3 is 2.80 bits per heavy atom. The lowest BCUT2D eigenvalue weighted by molar-refractivity contribution is 0.152. The van der Waals surface area contributed by atoms with Gasteiger partial charge in [0.1, 0.15) is 11.5 Å². The number of aryl methyl sites for hydroxylation is 2. The molecule has 1 aliphatic rings. The molecule has 1 aliphatic heterocycles. The average Bonchev–Trinajstić information content (AvgIpc) is 2.72. The van der Waals surface area contributed by atoms with Crippen LogP contribution in [-0.2, 0) is 0 Å². The highest BCUT2D eigenvalue weighted by Crippen LogP contribution is 2.28. The van der Waals surface area contributed by atoms with Crippen LogP contribution < -0.4 is 5.32 Å². The van der Waals surface area contributed by atoms with E-state index in [1.165, 1.54) is 24.9 Å². The maximum atomic E-state index is 5.71. The van der Waals surface area contributed by atoms with Crippen LogP contribution in [0.1, 0.15) is 56.7 Å². The molecule has 114 valence electrons. The molecule has 0 radical (unpaired) electrons. The third-order valence-corrected chi connectivity index (χ3v) is 4.64. The van der Waals surface area contributed by atoms with Crippen molar-refractivity contribution in [1.82, 2.24) is 10.2 Å². The molecule has 2 heterocycles. The largest absolute Gasteiger partial charge is 0.466 e. The zero-order valence-corrected chi connectivity index (χ0v) is 13.7. The van der Waals surface area contributed by atoms with E-state index in [4.69, 9.17) is 4.42 Å². The summed E-state index contributed by atoms with van der Waals surface area (Å²) in [4.78, 5) is 2.63. The predicted molar refractivity (Wildman–Crippen MR) is 84.0 cm³/mol. The quantitative estimate of drug-likeness (QED) is 0.914. The Morgan fingerprint density at radius 2 is 2.20 bits per heavy atom. The van der Waals surface area contributed by atoms with Gasteiger partial charge in [-0.1, -0.05) is 13.8 Å². The Balaban J connectivity index is 2.10. The number of rotatable bonds is 3. The molecule has 3 heteroatoms. The molecule has 2 rings (SSSR count). The van der Waals surface area contributed by atoms with Crippen molar-refractivity contribution in [3.63, 3.8) is 0 Å². The molecule has 3 atom stereocenters. The Hall–Kier alpha value is -0.800.